The van der Waals surface area contributed by atoms with Crippen molar-refractivity contribution in [3.05, 3.63) is 53.3 Å². The van der Waals surface area contributed by atoms with Crippen LogP contribution in [0.3, 0.4) is 0 Å². The topological polar surface area (TPSA) is 61.5 Å². The number of carbonyl (C=O) groups excluding carboxylic acids is 1. The average molecular weight is 397 g/mol. The van der Waals surface area contributed by atoms with Crippen molar-refractivity contribution in [2.24, 2.45) is 11.7 Å². The largest absolute Gasteiger partial charge is 0.493 e. The van der Waals surface area contributed by atoms with Gasteiger partial charge in [0.05, 0.1) is 20.1 Å². The lowest BCUT2D eigenvalue weighted by Gasteiger charge is -2.32. The summed E-state index contributed by atoms with van der Waals surface area (Å²) in [5, 5.41) is 0. The molecule has 154 valence electrons. The van der Waals surface area contributed by atoms with E-state index in [0.29, 0.717) is 12.5 Å². The standard InChI is InChI=1S/C24H28FNO3/c1-28-23(27)13-15-8-9-22(29-14-16-10-18(26)11-16)20(12-15)19-6-3-7-21(25)24(19)17-4-2-5-17/h3,6-9,12,16-18H,2,4-5,10-11,13-14,26H2,1H3. The van der Waals surface area contributed by atoms with E-state index in [1.165, 1.54) is 13.2 Å². The highest BCUT2D eigenvalue weighted by Gasteiger charge is 2.29. The number of benzene rings is 2. The van der Waals surface area contributed by atoms with Crippen molar-refractivity contribution in [3.63, 3.8) is 0 Å². The summed E-state index contributed by atoms with van der Waals surface area (Å²) in [6.45, 7) is 0.602. The number of hydrogen-bond acceptors (Lipinski definition) is 4. The minimum absolute atomic E-state index is 0.165. The molecule has 29 heavy (non-hydrogen) atoms. The normalized spacial score (nSPS) is 21.2. The molecule has 2 aromatic rings. The first-order chi connectivity index (χ1) is 14.0. The van der Waals surface area contributed by atoms with Crippen LogP contribution in [0.15, 0.2) is 36.4 Å². The van der Waals surface area contributed by atoms with Crippen LogP contribution in [0.4, 0.5) is 4.39 Å². The molecule has 0 atom stereocenters. The Morgan fingerprint density at radius 1 is 1.17 bits per heavy atom. The van der Waals surface area contributed by atoms with E-state index in [2.05, 4.69) is 0 Å². The number of methoxy groups -OCH3 is 1. The van der Waals surface area contributed by atoms with Gasteiger partial charge in [-0.15, -0.1) is 0 Å². The Bertz CT molecular complexity index is 888. The van der Waals surface area contributed by atoms with Crippen LogP contribution in [0.5, 0.6) is 5.75 Å². The molecular weight excluding hydrogens is 369 g/mol. The van der Waals surface area contributed by atoms with Crippen LogP contribution >= 0.6 is 0 Å². The third-order valence-electron chi connectivity index (χ3n) is 6.22. The summed E-state index contributed by atoms with van der Waals surface area (Å²) < 4.78 is 25.8. The van der Waals surface area contributed by atoms with Crippen LogP contribution < -0.4 is 10.5 Å². The van der Waals surface area contributed by atoms with E-state index >= 15 is 0 Å². The van der Waals surface area contributed by atoms with Gasteiger partial charge in [-0.3, -0.25) is 4.79 Å². The lowest BCUT2D eigenvalue weighted by atomic mass is 9.76. The SMILES string of the molecule is COC(=O)Cc1ccc(OCC2CC(N)C2)c(-c2cccc(F)c2C2CCC2)c1. The molecule has 0 aliphatic heterocycles. The monoisotopic (exact) mass is 397 g/mol. The number of rotatable bonds is 7. The van der Waals surface area contributed by atoms with E-state index in [4.69, 9.17) is 15.2 Å². The summed E-state index contributed by atoms with van der Waals surface area (Å²) >= 11 is 0. The zero-order chi connectivity index (χ0) is 20.4. The molecule has 0 amide bonds. The molecule has 0 bridgehead atoms. The van der Waals surface area contributed by atoms with Gasteiger partial charge in [-0.1, -0.05) is 24.6 Å². The molecule has 2 aliphatic rings. The Morgan fingerprint density at radius 3 is 2.62 bits per heavy atom. The van der Waals surface area contributed by atoms with E-state index in [1.54, 1.807) is 6.07 Å². The third kappa shape index (κ3) is 4.30. The van der Waals surface area contributed by atoms with E-state index in [9.17, 15) is 9.18 Å². The molecule has 0 unspecified atom stereocenters. The van der Waals surface area contributed by atoms with Crippen LogP contribution in [0.2, 0.25) is 0 Å². The van der Waals surface area contributed by atoms with Gasteiger partial charge in [-0.25, -0.2) is 4.39 Å². The van der Waals surface area contributed by atoms with Crippen LogP contribution in [-0.2, 0) is 16.0 Å². The van der Waals surface area contributed by atoms with Crippen molar-refractivity contribution >= 4 is 5.97 Å². The van der Waals surface area contributed by atoms with E-state index < -0.39 is 0 Å². The van der Waals surface area contributed by atoms with Gasteiger partial charge in [0.1, 0.15) is 11.6 Å². The number of nitrogens with two attached hydrogens (primary N) is 1. The van der Waals surface area contributed by atoms with E-state index in [1.807, 2.05) is 24.3 Å². The van der Waals surface area contributed by atoms with E-state index in [0.717, 1.165) is 60.1 Å². The Labute approximate surface area is 171 Å². The Hall–Kier alpha value is -2.40. The van der Waals surface area contributed by atoms with Gasteiger partial charge >= 0.3 is 5.97 Å². The summed E-state index contributed by atoms with van der Waals surface area (Å²) in [5.41, 5.74) is 9.19. The number of esters is 1. The van der Waals surface area contributed by atoms with Crippen molar-refractivity contribution < 1.29 is 18.7 Å². The minimum atomic E-state index is -0.300. The van der Waals surface area contributed by atoms with Crippen molar-refractivity contribution in [3.8, 4) is 16.9 Å². The molecule has 2 aromatic carbocycles. The lowest BCUT2D eigenvalue weighted by Crippen LogP contribution is -2.39. The second-order valence-corrected chi connectivity index (χ2v) is 8.32. The molecular formula is C24H28FNO3. The Balaban J connectivity index is 1.69. The summed E-state index contributed by atoms with van der Waals surface area (Å²) in [7, 11) is 1.38. The maximum Gasteiger partial charge on any atom is 0.309 e. The lowest BCUT2D eigenvalue weighted by molar-refractivity contribution is -0.139. The Kier molecular flexibility index (Phi) is 5.86. The van der Waals surface area contributed by atoms with Gasteiger partial charge in [-0.05, 0) is 72.4 Å². The average Bonchev–Trinajstić information content (AvgIpc) is 2.65. The molecule has 2 aliphatic carbocycles. The van der Waals surface area contributed by atoms with Gasteiger partial charge < -0.3 is 15.2 Å². The third-order valence-corrected chi connectivity index (χ3v) is 6.22. The van der Waals surface area contributed by atoms with E-state index in [-0.39, 0.29) is 30.2 Å². The second-order valence-electron chi connectivity index (χ2n) is 8.32. The highest BCUT2D eigenvalue weighted by Crippen LogP contribution is 2.44. The predicted octanol–water partition coefficient (Wildman–Crippen LogP) is 4.59. The van der Waals surface area contributed by atoms with Crippen LogP contribution in [0.1, 0.15) is 49.1 Å². The molecule has 2 N–H and O–H groups in total. The predicted molar refractivity (Wildman–Crippen MR) is 110 cm³/mol. The first-order valence-corrected chi connectivity index (χ1v) is 10.4. The molecule has 0 radical (unpaired) electrons. The molecule has 4 nitrogen and oxygen atoms in total. The van der Waals surface area contributed by atoms with Gasteiger partial charge in [0.15, 0.2) is 0 Å². The minimum Gasteiger partial charge on any atom is -0.493 e. The van der Waals surface area contributed by atoms with Crippen LogP contribution in [0.25, 0.3) is 11.1 Å². The first-order valence-electron chi connectivity index (χ1n) is 10.4. The zero-order valence-electron chi connectivity index (χ0n) is 16.8. The summed E-state index contributed by atoms with van der Waals surface area (Å²) in [6.07, 6.45) is 5.27. The highest BCUT2D eigenvalue weighted by atomic mass is 19.1. The van der Waals surface area contributed by atoms with Crippen LogP contribution in [0, 0.1) is 11.7 Å². The summed E-state index contributed by atoms with van der Waals surface area (Å²) in [6, 6.07) is 11.2. The van der Waals surface area contributed by atoms with Crippen molar-refractivity contribution in [2.75, 3.05) is 13.7 Å². The summed E-state index contributed by atoms with van der Waals surface area (Å²) in [4.78, 5) is 11.8. The molecule has 0 saturated heterocycles. The van der Waals surface area contributed by atoms with Crippen LogP contribution in [-0.4, -0.2) is 25.7 Å². The molecule has 0 heterocycles. The highest BCUT2D eigenvalue weighted by molar-refractivity contribution is 5.78. The molecule has 0 spiro atoms. The molecule has 0 aromatic heterocycles. The van der Waals surface area contributed by atoms with Crippen molar-refractivity contribution in [1.29, 1.82) is 0 Å². The molecule has 2 saturated carbocycles. The quantitative estimate of drug-likeness (QED) is 0.694. The first kappa shape index (κ1) is 19.9. The number of carbonyl (C=O) groups is 1. The smallest absolute Gasteiger partial charge is 0.309 e. The molecule has 4 rings (SSSR count). The fourth-order valence-corrected chi connectivity index (χ4v) is 4.28. The van der Waals surface area contributed by atoms with Gasteiger partial charge in [-0.2, -0.15) is 0 Å². The Morgan fingerprint density at radius 2 is 1.97 bits per heavy atom. The molecule has 5 heteroatoms. The van der Waals surface area contributed by atoms with Crippen molar-refractivity contribution in [2.45, 2.75) is 50.5 Å². The fourth-order valence-electron chi connectivity index (χ4n) is 4.28. The van der Waals surface area contributed by atoms with Crippen molar-refractivity contribution in [1.82, 2.24) is 0 Å². The maximum absolute atomic E-state index is 14.8. The zero-order valence-corrected chi connectivity index (χ0v) is 16.8. The van der Waals surface area contributed by atoms with Gasteiger partial charge in [0.2, 0.25) is 0 Å². The second kappa shape index (κ2) is 8.54. The van der Waals surface area contributed by atoms with Gasteiger partial charge in [0.25, 0.3) is 0 Å². The number of halogens is 1. The maximum atomic E-state index is 14.8. The number of ether oxygens (including phenoxy) is 2. The fraction of sp³-hybridized carbons (Fsp3) is 0.458. The van der Waals surface area contributed by atoms with Gasteiger partial charge in [0, 0.05) is 11.6 Å². The summed E-state index contributed by atoms with van der Waals surface area (Å²) in [5.74, 6) is 0.970. The number of hydrogen-bond donors (Lipinski definition) is 1. The molecule has 2 fully saturated rings.